The maximum Gasteiger partial charge on any atom is 0.227 e. The first-order chi connectivity index (χ1) is 14.2. The number of carbonyl (C=O) groups is 1. The highest BCUT2D eigenvalue weighted by atomic mass is 16.2. The van der Waals surface area contributed by atoms with Crippen LogP contribution in [-0.4, -0.2) is 81.1 Å². The number of nitrogens with zero attached hydrogens (tertiary/aromatic N) is 4. The topological polar surface area (TPSA) is 63.2 Å². The van der Waals surface area contributed by atoms with Gasteiger partial charge in [-0.15, -0.1) is 0 Å². The minimum atomic E-state index is 0.227. The fourth-order valence-electron chi connectivity index (χ4n) is 3.87. The first-order valence-electron chi connectivity index (χ1n) is 11.0. The lowest BCUT2D eigenvalue weighted by molar-refractivity contribution is -0.117. The van der Waals surface area contributed by atoms with Gasteiger partial charge in [-0.25, -0.2) is 4.99 Å². The van der Waals surface area contributed by atoms with Gasteiger partial charge in [-0.1, -0.05) is 12.1 Å². The standard InChI is InChI=1S/C22H36N6O/c1-3-23-22(24-11-15-27-13-5-12-26(2)16-17-27)25-18-19-7-9-20(10-8-19)28-14-4-6-21(28)29/h7-10H,3-6,11-18H2,1-2H3,(H2,23,24,25). The van der Waals surface area contributed by atoms with Crippen LogP contribution in [0, 0.1) is 0 Å². The second-order valence-electron chi connectivity index (χ2n) is 7.94. The number of amides is 1. The van der Waals surface area contributed by atoms with Crippen molar-refractivity contribution in [3.05, 3.63) is 29.8 Å². The average Bonchev–Trinajstić information content (AvgIpc) is 3.04. The number of hydrogen-bond acceptors (Lipinski definition) is 4. The second-order valence-corrected chi connectivity index (χ2v) is 7.94. The molecule has 0 aliphatic carbocycles. The van der Waals surface area contributed by atoms with Gasteiger partial charge in [-0.2, -0.15) is 0 Å². The molecule has 1 aromatic rings. The van der Waals surface area contributed by atoms with Gasteiger partial charge in [0.05, 0.1) is 6.54 Å². The Balaban J connectivity index is 1.47. The Labute approximate surface area is 175 Å². The summed E-state index contributed by atoms with van der Waals surface area (Å²) in [7, 11) is 2.20. The van der Waals surface area contributed by atoms with Crippen molar-refractivity contribution in [3.63, 3.8) is 0 Å². The van der Waals surface area contributed by atoms with Crippen LogP contribution < -0.4 is 15.5 Å². The van der Waals surface area contributed by atoms with Crippen molar-refractivity contribution >= 4 is 17.6 Å². The van der Waals surface area contributed by atoms with E-state index in [2.05, 4.69) is 46.5 Å². The maximum atomic E-state index is 11.9. The lowest BCUT2D eigenvalue weighted by Gasteiger charge is -2.21. The van der Waals surface area contributed by atoms with E-state index in [9.17, 15) is 4.79 Å². The zero-order valence-corrected chi connectivity index (χ0v) is 18.0. The molecule has 160 valence electrons. The predicted octanol–water partition coefficient (Wildman–Crippen LogP) is 1.51. The van der Waals surface area contributed by atoms with Gasteiger partial charge in [0.15, 0.2) is 5.96 Å². The Bertz CT molecular complexity index is 674. The van der Waals surface area contributed by atoms with E-state index in [1.165, 1.54) is 19.5 Å². The van der Waals surface area contributed by atoms with Crippen LogP contribution in [-0.2, 0) is 11.3 Å². The Hall–Kier alpha value is -2.12. The molecule has 0 atom stereocenters. The SMILES string of the molecule is CCNC(=NCc1ccc(N2CCCC2=O)cc1)NCCN1CCCN(C)CC1. The third-order valence-corrected chi connectivity index (χ3v) is 5.62. The van der Waals surface area contributed by atoms with Gasteiger partial charge in [-0.3, -0.25) is 4.79 Å². The number of rotatable bonds is 7. The molecular formula is C22H36N6O. The van der Waals surface area contributed by atoms with Crippen molar-refractivity contribution in [1.82, 2.24) is 20.4 Å². The molecule has 7 heteroatoms. The highest BCUT2D eigenvalue weighted by Gasteiger charge is 2.21. The molecule has 3 rings (SSSR count). The van der Waals surface area contributed by atoms with Crippen molar-refractivity contribution in [1.29, 1.82) is 0 Å². The molecule has 2 aliphatic heterocycles. The molecule has 29 heavy (non-hydrogen) atoms. The third-order valence-electron chi connectivity index (χ3n) is 5.62. The van der Waals surface area contributed by atoms with Gasteiger partial charge < -0.3 is 25.3 Å². The van der Waals surface area contributed by atoms with Crippen molar-refractivity contribution in [2.24, 2.45) is 4.99 Å². The monoisotopic (exact) mass is 400 g/mol. The summed E-state index contributed by atoms with van der Waals surface area (Å²) >= 11 is 0. The Morgan fingerprint density at radius 2 is 1.86 bits per heavy atom. The molecule has 2 heterocycles. The number of carbonyl (C=O) groups excluding carboxylic acids is 1. The van der Waals surface area contributed by atoms with Gasteiger partial charge in [0.2, 0.25) is 5.91 Å². The second kappa shape index (κ2) is 11.2. The van der Waals surface area contributed by atoms with Gasteiger partial charge in [0.1, 0.15) is 0 Å². The van der Waals surface area contributed by atoms with E-state index >= 15 is 0 Å². The van der Waals surface area contributed by atoms with E-state index in [4.69, 9.17) is 4.99 Å². The molecule has 2 fully saturated rings. The van der Waals surface area contributed by atoms with Crippen molar-refractivity contribution in [2.45, 2.75) is 32.7 Å². The highest BCUT2D eigenvalue weighted by Crippen LogP contribution is 2.21. The minimum Gasteiger partial charge on any atom is -0.357 e. The molecule has 0 bridgehead atoms. The van der Waals surface area contributed by atoms with E-state index in [0.29, 0.717) is 13.0 Å². The number of aliphatic imine (C=N–C) groups is 1. The summed E-state index contributed by atoms with van der Waals surface area (Å²) in [5, 5.41) is 6.79. The highest BCUT2D eigenvalue weighted by molar-refractivity contribution is 5.95. The molecule has 7 nitrogen and oxygen atoms in total. The van der Waals surface area contributed by atoms with Crippen molar-refractivity contribution in [2.75, 3.05) is 64.3 Å². The van der Waals surface area contributed by atoms with Crippen molar-refractivity contribution in [3.8, 4) is 0 Å². The normalized spacial score (nSPS) is 19.4. The molecule has 0 spiro atoms. The Kier molecular flexibility index (Phi) is 8.31. The number of likely N-dealkylation sites (N-methyl/N-ethyl adjacent to an activating group) is 1. The maximum absolute atomic E-state index is 11.9. The van der Waals surface area contributed by atoms with Crippen LogP contribution in [0.15, 0.2) is 29.3 Å². The Morgan fingerprint density at radius 1 is 1.03 bits per heavy atom. The quantitative estimate of drug-likeness (QED) is 0.537. The molecule has 0 unspecified atom stereocenters. The fraction of sp³-hybridized carbons (Fsp3) is 0.636. The summed E-state index contributed by atoms with van der Waals surface area (Å²) in [4.78, 5) is 23.4. The predicted molar refractivity (Wildman–Crippen MR) is 119 cm³/mol. The number of benzene rings is 1. The van der Waals surface area contributed by atoms with E-state index < -0.39 is 0 Å². The Morgan fingerprint density at radius 3 is 2.59 bits per heavy atom. The summed E-state index contributed by atoms with van der Waals surface area (Å²) in [5.74, 6) is 1.09. The van der Waals surface area contributed by atoms with E-state index in [0.717, 1.165) is 62.9 Å². The van der Waals surface area contributed by atoms with Crippen LogP contribution in [0.1, 0.15) is 31.7 Å². The van der Waals surface area contributed by atoms with Crippen LogP contribution in [0.5, 0.6) is 0 Å². The van der Waals surface area contributed by atoms with E-state index in [1.807, 2.05) is 17.0 Å². The molecule has 0 saturated carbocycles. The number of nitrogens with one attached hydrogen (secondary N) is 2. The summed E-state index contributed by atoms with van der Waals surface area (Å²) in [5.41, 5.74) is 2.14. The smallest absolute Gasteiger partial charge is 0.227 e. The van der Waals surface area contributed by atoms with Gasteiger partial charge in [-0.05, 0) is 57.6 Å². The summed E-state index contributed by atoms with van der Waals surface area (Å²) in [6.07, 6.45) is 2.86. The molecule has 2 N–H and O–H groups in total. The minimum absolute atomic E-state index is 0.227. The average molecular weight is 401 g/mol. The molecule has 2 aliphatic rings. The number of guanidine groups is 1. The molecule has 0 aromatic heterocycles. The number of hydrogen-bond donors (Lipinski definition) is 2. The number of anilines is 1. The van der Waals surface area contributed by atoms with Crippen LogP contribution in [0.25, 0.3) is 0 Å². The van der Waals surface area contributed by atoms with E-state index in [-0.39, 0.29) is 5.91 Å². The van der Waals surface area contributed by atoms with Crippen LogP contribution in [0.3, 0.4) is 0 Å². The van der Waals surface area contributed by atoms with Crippen molar-refractivity contribution < 1.29 is 4.79 Å². The van der Waals surface area contributed by atoms with Gasteiger partial charge in [0, 0.05) is 51.4 Å². The van der Waals surface area contributed by atoms with Crippen LogP contribution in [0.2, 0.25) is 0 Å². The van der Waals surface area contributed by atoms with Gasteiger partial charge >= 0.3 is 0 Å². The first kappa shape index (κ1) is 21.6. The molecule has 0 radical (unpaired) electrons. The molecule has 2 saturated heterocycles. The van der Waals surface area contributed by atoms with E-state index in [1.54, 1.807) is 0 Å². The molecule has 1 aromatic carbocycles. The summed E-state index contributed by atoms with van der Waals surface area (Å²) in [6.45, 7) is 11.0. The lowest BCUT2D eigenvalue weighted by Crippen LogP contribution is -2.42. The first-order valence-corrected chi connectivity index (χ1v) is 11.0. The summed E-state index contributed by atoms with van der Waals surface area (Å²) in [6, 6.07) is 8.21. The molecule has 1 amide bonds. The van der Waals surface area contributed by atoms with Crippen LogP contribution in [0.4, 0.5) is 5.69 Å². The fourth-order valence-corrected chi connectivity index (χ4v) is 3.87. The van der Waals surface area contributed by atoms with Gasteiger partial charge in [0.25, 0.3) is 0 Å². The lowest BCUT2D eigenvalue weighted by atomic mass is 10.2. The zero-order valence-electron chi connectivity index (χ0n) is 18.0. The van der Waals surface area contributed by atoms with Crippen LogP contribution >= 0.6 is 0 Å². The summed E-state index contributed by atoms with van der Waals surface area (Å²) < 4.78 is 0. The zero-order chi connectivity index (χ0) is 20.5. The third kappa shape index (κ3) is 6.72. The molecular weight excluding hydrogens is 364 g/mol. The largest absolute Gasteiger partial charge is 0.357 e.